The second-order valence-electron chi connectivity index (χ2n) is 6.62. The van der Waals surface area contributed by atoms with Gasteiger partial charge in [-0.1, -0.05) is 0 Å². The molecule has 1 amide bonds. The quantitative estimate of drug-likeness (QED) is 0.775. The molecular formula is C16H26N4O3. The van der Waals surface area contributed by atoms with Crippen LogP contribution in [0.25, 0.3) is 0 Å². The fourth-order valence-corrected chi connectivity index (χ4v) is 3.20. The molecule has 0 saturated carbocycles. The molecule has 0 aliphatic carbocycles. The second kappa shape index (κ2) is 7.42. The van der Waals surface area contributed by atoms with Crippen LogP contribution in [-0.2, 0) is 27.4 Å². The van der Waals surface area contributed by atoms with Gasteiger partial charge >= 0.3 is 0 Å². The largest absolute Gasteiger partial charge is 0.380 e. The van der Waals surface area contributed by atoms with Crippen LogP contribution in [0.5, 0.6) is 0 Å². The van der Waals surface area contributed by atoms with Gasteiger partial charge in [0.05, 0.1) is 18.9 Å². The van der Waals surface area contributed by atoms with Gasteiger partial charge in [0.15, 0.2) is 0 Å². The van der Waals surface area contributed by atoms with Gasteiger partial charge in [-0.3, -0.25) is 14.4 Å². The molecular weight excluding hydrogens is 296 g/mol. The summed E-state index contributed by atoms with van der Waals surface area (Å²) in [5, 5.41) is 4.43. The van der Waals surface area contributed by atoms with E-state index in [0.717, 1.165) is 39.3 Å². The molecule has 0 radical (unpaired) electrons. The molecule has 1 saturated heterocycles. The molecule has 1 fully saturated rings. The molecule has 7 nitrogen and oxygen atoms in total. The number of hydrogen-bond acceptors (Lipinski definition) is 5. The number of amides is 1. The Balaban J connectivity index is 1.61. The van der Waals surface area contributed by atoms with Crippen LogP contribution in [0.4, 0.5) is 0 Å². The summed E-state index contributed by atoms with van der Waals surface area (Å²) in [4.78, 5) is 15.7. The van der Waals surface area contributed by atoms with Gasteiger partial charge in [-0.25, -0.2) is 0 Å². The van der Waals surface area contributed by atoms with E-state index in [1.54, 1.807) is 19.0 Å². The molecule has 2 aliphatic rings. The maximum absolute atomic E-state index is 11.6. The highest BCUT2D eigenvalue weighted by atomic mass is 16.5. The van der Waals surface area contributed by atoms with Crippen LogP contribution < -0.4 is 0 Å². The Hall–Kier alpha value is -1.44. The predicted molar refractivity (Wildman–Crippen MR) is 84.9 cm³/mol. The SMILES string of the molecule is CN(C)C(=O)COC[C@@H]1CN([C@@H]2CCOC2)Cc2ccnn2C1. The highest BCUT2D eigenvalue weighted by Gasteiger charge is 2.29. The lowest BCUT2D eigenvalue weighted by atomic mass is 10.1. The number of aromatic nitrogens is 2. The molecule has 0 unspecified atom stereocenters. The number of likely N-dealkylation sites (N-methyl/N-ethyl adjacent to an activating group) is 1. The number of carbonyl (C=O) groups excluding carboxylic acids is 1. The Bertz CT molecular complexity index is 525. The van der Waals surface area contributed by atoms with Crippen LogP contribution in [0, 0.1) is 5.92 Å². The van der Waals surface area contributed by atoms with Crippen LogP contribution in [0.15, 0.2) is 12.3 Å². The number of hydrogen-bond donors (Lipinski definition) is 0. The number of nitrogens with zero attached hydrogens (tertiary/aromatic N) is 4. The van der Waals surface area contributed by atoms with Crippen molar-refractivity contribution in [1.29, 1.82) is 0 Å². The van der Waals surface area contributed by atoms with E-state index in [9.17, 15) is 4.79 Å². The van der Waals surface area contributed by atoms with Gasteiger partial charge in [0.2, 0.25) is 5.91 Å². The molecule has 0 N–H and O–H groups in total. The van der Waals surface area contributed by atoms with Crippen molar-refractivity contribution in [2.24, 2.45) is 5.92 Å². The summed E-state index contributed by atoms with van der Waals surface area (Å²) < 4.78 is 13.3. The zero-order valence-electron chi connectivity index (χ0n) is 14.0. The Morgan fingerprint density at radius 3 is 3.09 bits per heavy atom. The first-order valence-corrected chi connectivity index (χ1v) is 8.24. The first kappa shape index (κ1) is 16.4. The predicted octanol–water partition coefficient (Wildman–Crippen LogP) is 0.209. The molecule has 0 aromatic carbocycles. The smallest absolute Gasteiger partial charge is 0.248 e. The van der Waals surface area contributed by atoms with Crippen molar-refractivity contribution in [3.05, 3.63) is 18.0 Å². The highest BCUT2D eigenvalue weighted by molar-refractivity contribution is 5.76. The minimum Gasteiger partial charge on any atom is -0.380 e. The third kappa shape index (κ3) is 4.10. The van der Waals surface area contributed by atoms with Crippen LogP contribution in [0.3, 0.4) is 0 Å². The number of fused-ring (bicyclic) bond motifs is 1. The average Bonchev–Trinajstić information content (AvgIpc) is 3.16. The topological polar surface area (TPSA) is 59.8 Å². The maximum Gasteiger partial charge on any atom is 0.248 e. The molecule has 2 atom stereocenters. The second-order valence-corrected chi connectivity index (χ2v) is 6.62. The summed E-state index contributed by atoms with van der Waals surface area (Å²) >= 11 is 0. The Labute approximate surface area is 137 Å². The van der Waals surface area contributed by atoms with Gasteiger partial charge < -0.3 is 14.4 Å². The molecule has 0 spiro atoms. The Morgan fingerprint density at radius 1 is 1.48 bits per heavy atom. The van der Waals surface area contributed by atoms with Crippen molar-refractivity contribution in [3.63, 3.8) is 0 Å². The fourth-order valence-electron chi connectivity index (χ4n) is 3.20. The van der Waals surface area contributed by atoms with Crippen molar-refractivity contribution in [2.45, 2.75) is 25.6 Å². The first-order chi connectivity index (χ1) is 11.1. The van der Waals surface area contributed by atoms with Gasteiger partial charge in [-0.15, -0.1) is 0 Å². The number of rotatable bonds is 5. The summed E-state index contributed by atoms with van der Waals surface area (Å²) in [6.07, 6.45) is 2.94. The zero-order valence-corrected chi connectivity index (χ0v) is 14.0. The van der Waals surface area contributed by atoms with Crippen LogP contribution >= 0.6 is 0 Å². The normalized spacial score (nSPS) is 25.1. The zero-order chi connectivity index (χ0) is 16.2. The van der Waals surface area contributed by atoms with E-state index in [1.807, 2.05) is 6.20 Å². The number of carbonyl (C=O) groups is 1. The maximum atomic E-state index is 11.6. The average molecular weight is 322 g/mol. The summed E-state index contributed by atoms with van der Waals surface area (Å²) in [5.74, 6) is 0.325. The van der Waals surface area contributed by atoms with E-state index in [1.165, 1.54) is 5.69 Å². The lowest BCUT2D eigenvalue weighted by Crippen LogP contribution is -2.39. The van der Waals surface area contributed by atoms with Crippen molar-refractivity contribution in [2.75, 3.05) is 47.1 Å². The van der Waals surface area contributed by atoms with Gasteiger partial charge in [0, 0.05) is 58.5 Å². The first-order valence-electron chi connectivity index (χ1n) is 8.24. The highest BCUT2D eigenvalue weighted by Crippen LogP contribution is 2.22. The van der Waals surface area contributed by atoms with Gasteiger partial charge in [0.1, 0.15) is 6.61 Å². The van der Waals surface area contributed by atoms with E-state index in [-0.39, 0.29) is 12.5 Å². The van der Waals surface area contributed by atoms with Crippen molar-refractivity contribution < 1.29 is 14.3 Å². The molecule has 3 heterocycles. The third-order valence-electron chi connectivity index (χ3n) is 4.59. The summed E-state index contributed by atoms with van der Waals surface area (Å²) in [5.41, 5.74) is 1.24. The molecule has 7 heteroatoms. The van der Waals surface area contributed by atoms with Gasteiger partial charge in [0.25, 0.3) is 0 Å². The lowest BCUT2D eigenvalue weighted by molar-refractivity contribution is -0.134. The minimum atomic E-state index is -0.000510. The monoisotopic (exact) mass is 322 g/mol. The lowest BCUT2D eigenvalue weighted by Gasteiger charge is -2.28. The summed E-state index contributed by atoms with van der Waals surface area (Å²) in [6, 6.07) is 2.56. The van der Waals surface area contributed by atoms with E-state index < -0.39 is 0 Å². The Kier molecular flexibility index (Phi) is 5.30. The standard InChI is InChI=1S/C16H26N4O3/c1-18(2)16(21)12-23-10-13-7-19(15-4-6-22-11-15)9-14-3-5-17-20(14)8-13/h3,5,13,15H,4,6-12H2,1-2H3/t13-,15-/m1/s1. The Morgan fingerprint density at radius 2 is 2.35 bits per heavy atom. The molecule has 3 rings (SSSR count). The molecule has 1 aromatic rings. The third-order valence-corrected chi connectivity index (χ3v) is 4.59. The minimum absolute atomic E-state index is 0.000510. The molecule has 128 valence electrons. The van der Waals surface area contributed by atoms with Gasteiger partial charge in [-0.2, -0.15) is 5.10 Å². The van der Waals surface area contributed by atoms with Crippen LogP contribution in [-0.4, -0.2) is 78.6 Å². The molecule has 0 bridgehead atoms. The van der Waals surface area contributed by atoms with Crippen molar-refractivity contribution in [1.82, 2.24) is 19.6 Å². The van der Waals surface area contributed by atoms with E-state index in [2.05, 4.69) is 20.7 Å². The number of ether oxygens (including phenoxy) is 2. The van der Waals surface area contributed by atoms with Crippen molar-refractivity contribution >= 4 is 5.91 Å². The van der Waals surface area contributed by atoms with E-state index in [0.29, 0.717) is 18.6 Å². The summed E-state index contributed by atoms with van der Waals surface area (Å²) in [7, 11) is 3.49. The summed E-state index contributed by atoms with van der Waals surface area (Å²) in [6.45, 7) is 5.06. The van der Waals surface area contributed by atoms with Crippen LogP contribution in [0.2, 0.25) is 0 Å². The molecule has 23 heavy (non-hydrogen) atoms. The fraction of sp³-hybridized carbons (Fsp3) is 0.750. The molecule has 2 aliphatic heterocycles. The van der Waals surface area contributed by atoms with Crippen LogP contribution in [0.1, 0.15) is 12.1 Å². The molecule has 1 aromatic heterocycles. The van der Waals surface area contributed by atoms with Crippen molar-refractivity contribution in [3.8, 4) is 0 Å². The van der Waals surface area contributed by atoms with E-state index >= 15 is 0 Å². The van der Waals surface area contributed by atoms with E-state index in [4.69, 9.17) is 9.47 Å². The van der Waals surface area contributed by atoms with Gasteiger partial charge in [-0.05, 0) is 12.5 Å².